The van der Waals surface area contributed by atoms with Crippen LogP contribution in [0.25, 0.3) is 95.0 Å². The lowest BCUT2D eigenvalue weighted by atomic mass is 9.94. The Morgan fingerprint density at radius 1 is 0.484 bits per heavy atom. The fraction of sp³-hybridized carbons (Fsp3) is 0. The molecule has 0 amide bonds. The summed E-state index contributed by atoms with van der Waals surface area (Å²) < 4.78 is 2.26. The minimum atomic E-state index is 0.606. The molecule has 2 N–H and O–H groups in total. The van der Waals surface area contributed by atoms with Crippen molar-refractivity contribution in [2.45, 2.75) is 0 Å². The van der Waals surface area contributed by atoms with E-state index >= 15 is 0 Å². The summed E-state index contributed by atoms with van der Waals surface area (Å²) in [6.07, 6.45) is 3.34. The highest BCUT2D eigenvalue weighted by atomic mass is 15.1. The minimum absolute atomic E-state index is 0.606. The van der Waals surface area contributed by atoms with E-state index in [0.29, 0.717) is 17.2 Å². The highest BCUT2D eigenvalue weighted by Crippen LogP contribution is 2.39. The number of allylic oxidation sites excluding steroid dienone is 1. The van der Waals surface area contributed by atoms with Gasteiger partial charge in [-0.2, -0.15) is 0 Å². The Hall–Kier alpha value is -8.41. The quantitative estimate of drug-likeness (QED) is 0.111. The van der Waals surface area contributed by atoms with Gasteiger partial charge in [0.25, 0.3) is 0 Å². The molecule has 2 aromatic heterocycles. The highest BCUT2D eigenvalue weighted by Gasteiger charge is 2.21. The maximum Gasteiger partial charge on any atom is 0.162 e. The molecule has 0 fully saturated rings. The summed E-state index contributed by atoms with van der Waals surface area (Å²) in [6, 6.07) is 73.6. The normalized spacial score (nSPS) is 11.9. The SMILES string of the molecule is C=CC=N/C(=C(\N)c1ccccc1)c1cccc(-c2cccc(-c3cccc(-c4cccc(-c5nc(-c6ccccc6)c6c7ccccc7n(-c7ccccc7)c6n5)c4)c3)c2)c1. The molecule has 5 nitrogen and oxygen atoms in total. The number of nitrogens with zero attached hydrogens (tertiary/aromatic N) is 4. The Morgan fingerprint density at radius 2 is 0.968 bits per heavy atom. The number of hydrogen-bond acceptors (Lipinski definition) is 4. The molecule has 0 radical (unpaired) electrons. The third-order valence-corrected chi connectivity index (χ3v) is 11.2. The minimum Gasteiger partial charge on any atom is -0.396 e. The van der Waals surface area contributed by atoms with Crippen molar-refractivity contribution in [2.75, 3.05) is 0 Å². The number of hydrogen-bond donors (Lipinski definition) is 1. The van der Waals surface area contributed by atoms with Crippen LogP contribution in [0.3, 0.4) is 0 Å². The molecule has 0 atom stereocenters. The van der Waals surface area contributed by atoms with Gasteiger partial charge in [-0.05, 0) is 81.4 Å². The zero-order chi connectivity index (χ0) is 41.8. The van der Waals surface area contributed by atoms with Gasteiger partial charge in [-0.3, -0.25) is 9.56 Å². The number of benzene rings is 8. The van der Waals surface area contributed by atoms with Crippen LogP contribution in [-0.4, -0.2) is 20.7 Å². The number of fused-ring (bicyclic) bond motifs is 3. The molecule has 0 spiro atoms. The number of para-hydroxylation sites is 2. The summed E-state index contributed by atoms with van der Waals surface area (Å²) in [6.45, 7) is 3.83. The number of rotatable bonds is 10. The first-order chi connectivity index (χ1) is 30.6. The van der Waals surface area contributed by atoms with Crippen molar-refractivity contribution in [3.8, 4) is 61.7 Å². The molecule has 0 saturated carbocycles. The molecule has 0 aliphatic heterocycles. The van der Waals surface area contributed by atoms with E-state index in [1.165, 1.54) is 0 Å². The lowest BCUT2D eigenvalue weighted by Crippen LogP contribution is -2.00. The van der Waals surface area contributed by atoms with Crippen molar-refractivity contribution in [3.05, 3.63) is 236 Å². The molecular weight excluding hydrogens is 755 g/mol. The summed E-state index contributed by atoms with van der Waals surface area (Å²) in [5.74, 6) is 0.669. The first-order valence-electron chi connectivity index (χ1n) is 20.7. The van der Waals surface area contributed by atoms with Crippen LogP contribution in [0.4, 0.5) is 0 Å². The molecule has 10 aromatic rings. The second-order valence-electron chi connectivity index (χ2n) is 15.1. The third kappa shape index (κ3) is 7.29. The largest absolute Gasteiger partial charge is 0.396 e. The number of aliphatic imine (C=N–C) groups is 1. The molecule has 8 aromatic carbocycles. The maximum atomic E-state index is 6.72. The van der Waals surface area contributed by atoms with E-state index in [4.69, 9.17) is 20.7 Å². The first-order valence-corrected chi connectivity index (χ1v) is 20.7. The van der Waals surface area contributed by atoms with Crippen LogP contribution in [-0.2, 0) is 0 Å². The Kier molecular flexibility index (Phi) is 10.2. The average molecular weight is 796 g/mol. The van der Waals surface area contributed by atoms with Gasteiger partial charge in [-0.15, -0.1) is 0 Å². The smallest absolute Gasteiger partial charge is 0.162 e. The van der Waals surface area contributed by atoms with Crippen LogP contribution in [0.5, 0.6) is 0 Å². The molecular formula is C57H41N5. The van der Waals surface area contributed by atoms with E-state index in [-0.39, 0.29) is 0 Å². The Labute approximate surface area is 361 Å². The molecule has 0 aliphatic carbocycles. The average Bonchev–Trinajstić information content (AvgIpc) is 3.69. The van der Waals surface area contributed by atoms with E-state index in [0.717, 1.165) is 89.0 Å². The topological polar surface area (TPSA) is 69.1 Å². The summed E-state index contributed by atoms with van der Waals surface area (Å²) >= 11 is 0. The Balaban J connectivity index is 1.03. The monoisotopic (exact) mass is 795 g/mol. The molecule has 0 unspecified atom stereocenters. The van der Waals surface area contributed by atoms with Crippen LogP contribution >= 0.6 is 0 Å². The Bertz CT molecular complexity index is 3310. The van der Waals surface area contributed by atoms with Crippen LogP contribution in [0.15, 0.2) is 230 Å². The van der Waals surface area contributed by atoms with Crippen molar-refractivity contribution < 1.29 is 0 Å². The zero-order valence-corrected chi connectivity index (χ0v) is 33.9. The summed E-state index contributed by atoms with van der Waals surface area (Å²) in [5, 5.41) is 2.15. The van der Waals surface area contributed by atoms with Crippen molar-refractivity contribution in [2.24, 2.45) is 10.7 Å². The van der Waals surface area contributed by atoms with Crippen LogP contribution < -0.4 is 5.73 Å². The van der Waals surface area contributed by atoms with Gasteiger partial charge in [0.1, 0.15) is 5.65 Å². The molecule has 5 heteroatoms. The highest BCUT2D eigenvalue weighted by molar-refractivity contribution is 6.14. The first kappa shape index (κ1) is 37.8. The lowest BCUT2D eigenvalue weighted by Gasteiger charge is -2.12. The predicted octanol–water partition coefficient (Wildman–Crippen LogP) is 13.9. The second-order valence-corrected chi connectivity index (χ2v) is 15.1. The number of aromatic nitrogens is 3. The van der Waals surface area contributed by atoms with Gasteiger partial charge in [0.15, 0.2) is 5.82 Å². The lowest BCUT2D eigenvalue weighted by molar-refractivity contribution is 1.11. The Morgan fingerprint density at radius 3 is 1.60 bits per heavy atom. The van der Waals surface area contributed by atoms with Gasteiger partial charge in [0, 0.05) is 34.0 Å². The van der Waals surface area contributed by atoms with Crippen LogP contribution in [0, 0.1) is 0 Å². The van der Waals surface area contributed by atoms with E-state index in [2.05, 4.69) is 175 Å². The van der Waals surface area contributed by atoms with E-state index in [9.17, 15) is 0 Å². The molecule has 0 saturated heterocycles. The molecule has 0 aliphatic rings. The molecule has 10 rings (SSSR count). The number of nitrogens with two attached hydrogens (primary N) is 1. The van der Waals surface area contributed by atoms with E-state index in [1.54, 1.807) is 12.3 Å². The van der Waals surface area contributed by atoms with Gasteiger partial charge in [-0.1, -0.05) is 183 Å². The maximum absolute atomic E-state index is 6.72. The zero-order valence-electron chi connectivity index (χ0n) is 33.9. The molecule has 0 bridgehead atoms. The van der Waals surface area contributed by atoms with Gasteiger partial charge in [-0.25, -0.2) is 9.97 Å². The van der Waals surface area contributed by atoms with Gasteiger partial charge in [0.2, 0.25) is 0 Å². The van der Waals surface area contributed by atoms with Crippen LogP contribution in [0.2, 0.25) is 0 Å². The van der Waals surface area contributed by atoms with Crippen molar-refractivity contribution in [1.82, 2.24) is 14.5 Å². The molecule has 62 heavy (non-hydrogen) atoms. The summed E-state index contributed by atoms with van der Waals surface area (Å²) in [4.78, 5) is 15.4. The van der Waals surface area contributed by atoms with Gasteiger partial charge in [0.05, 0.1) is 28.0 Å². The second kappa shape index (κ2) is 16.7. The fourth-order valence-electron chi connectivity index (χ4n) is 8.25. The summed E-state index contributed by atoms with van der Waals surface area (Å²) in [7, 11) is 0. The van der Waals surface area contributed by atoms with Crippen molar-refractivity contribution in [1.29, 1.82) is 0 Å². The van der Waals surface area contributed by atoms with Crippen molar-refractivity contribution >= 4 is 39.5 Å². The van der Waals surface area contributed by atoms with Crippen molar-refractivity contribution in [3.63, 3.8) is 0 Å². The summed E-state index contributed by atoms with van der Waals surface area (Å²) in [5.41, 5.74) is 22.4. The molecule has 2 heterocycles. The predicted molar refractivity (Wildman–Crippen MR) is 260 cm³/mol. The van der Waals surface area contributed by atoms with Crippen LogP contribution in [0.1, 0.15) is 11.1 Å². The van der Waals surface area contributed by atoms with E-state index in [1.807, 2.05) is 48.5 Å². The molecule has 294 valence electrons. The van der Waals surface area contributed by atoms with Gasteiger partial charge < -0.3 is 5.73 Å². The fourth-order valence-corrected chi connectivity index (χ4v) is 8.25. The standard InChI is InChI=1S/C57H41N5/c1-2-34-59-55(53(58)39-18-6-3-7-19-39)47-28-16-26-45(37-47)43-24-14-22-41(35-43)42-23-15-25-44(36-42)46-27-17-29-48(38-46)56-60-54(40-20-8-4-9-21-40)52-50-32-12-13-33-51(50)62(57(52)61-56)49-30-10-5-11-31-49/h2-38H,1,58H2/b55-53-,59-34?. The third-order valence-electron chi connectivity index (χ3n) is 11.2. The van der Waals surface area contributed by atoms with Gasteiger partial charge >= 0.3 is 0 Å². The van der Waals surface area contributed by atoms with E-state index < -0.39 is 0 Å².